The summed E-state index contributed by atoms with van der Waals surface area (Å²) >= 11 is 1.74. The Bertz CT molecular complexity index is 862. The molecule has 0 bridgehead atoms. The summed E-state index contributed by atoms with van der Waals surface area (Å²) in [7, 11) is 0. The van der Waals surface area contributed by atoms with E-state index >= 15 is 0 Å². The maximum atomic E-state index is 12.8. The van der Waals surface area contributed by atoms with Crippen LogP contribution in [-0.4, -0.2) is 66.1 Å². The predicted molar refractivity (Wildman–Crippen MR) is 113 cm³/mol. The Labute approximate surface area is 175 Å². The number of nitrogens with one attached hydrogen (secondary N) is 1. The zero-order valence-corrected chi connectivity index (χ0v) is 17.8. The van der Waals surface area contributed by atoms with Crippen molar-refractivity contribution in [1.82, 2.24) is 9.80 Å². The van der Waals surface area contributed by atoms with Crippen LogP contribution in [0.25, 0.3) is 0 Å². The molecule has 2 fully saturated rings. The van der Waals surface area contributed by atoms with Crippen molar-refractivity contribution in [2.75, 3.05) is 39.3 Å². The van der Waals surface area contributed by atoms with Crippen molar-refractivity contribution >= 4 is 23.6 Å². The number of quaternary nitrogens is 1. The van der Waals surface area contributed by atoms with Crippen LogP contribution in [0.5, 0.6) is 0 Å². The third-order valence-corrected chi connectivity index (χ3v) is 7.27. The van der Waals surface area contributed by atoms with Crippen LogP contribution in [0.4, 0.5) is 0 Å². The number of carbonyl (C=O) groups is 2. The van der Waals surface area contributed by atoms with Crippen LogP contribution in [0.15, 0.2) is 47.1 Å². The molecule has 0 radical (unpaired) electrons. The van der Waals surface area contributed by atoms with E-state index in [1.165, 1.54) is 22.3 Å². The molecule has 2 atom stereocenters. The summed E-state index contributed by atoms with van der Waals surface area (Å²) in [5, 5.41) is 0.0947. The molecule has 154 valence electrons. The highest BCUT2D eigenvalue weighted by Gasteiger charge is 2.39. The number of aryl methyl sites for hydroxylation is 1. The van der Waals surface area contributed by atoms with Gasteiger partial charge >= 0.3 is 0 Å². The lowest BCUT2D eigenvalue weighted by molar-refractivity contribution is -0.903. The molecule has 0 saturated carbocycles. The Morgan fingerprint density at radius 3 is 2.66 bits per heavy atom. The first-order valence-corrected chi connectivity index (χ1v) is 11.2. The molecule has 2 aromatic rings. The van der Waals surface area contributed by atoms with E-state index in [4.69, 9.17) is 4.42 Å². The normalized spacial score (nSPS) is 23.0. The Kier molecular flexibility index (Phi) is 5.96. The summed E-state index contributed by atoms with van der Waals surface area (Å²) in [5.74, 6) is 0.603. The number of rotatable bonds is 5. The Morgan fingerprint density at radius 2 is 1.97 bits per heavy atom. The van der Waals surface area contributed by atoms with Crippen LogP contribution in [0.1, 0.15) is 34.0 Å². The summed E-state index contributed by atoms with van der Waals surface area (Å²) < 4.78 is 5.23. The number of benzene rings is 1. The lowest BCUT2D eigenvalue weighted by Gasteiger charge is -2.33. The molecule has 1 aromatic carbocycles. The average Bonchev–Trinajstić information content (AvgIpc) is 3.36. The second kappa shape index (κ2) is 8.63. The lowest BCUT2D eigenvalue weighted by Crippen LogP contribution is -3.15. The average molecular weight is 415 g/mol. The van der Waals surface area contributed by atoms with Gasteiger partial charge in [0.1, 0.15) is 5.37 Å². The Balaban J connectivity index is 1.34. The van der Waals surface area contributed by atoms with Gasteiger partial charge in [0.25, 0.3) is 5.91 Å². The molecule has 0 aliphatic carbocycles. The van der Waals surface area contributed by atoms with E-state index in [1.807, 2.05) is 22.8 Å². The van der Waals surface area contributed by atoms with E-state index in [2.05, 4.69) is 25.1 Å². The standard InChI is InChI=1S/C22H27N3O3S/c1-16-6-3-4-7-18(16)22-25(20(26)17(2)29-22)14-11-23-9-12-24(13-10-23)21(27)19-8-5-15-28-19/h3-8,15,17,22H,9-14H2,1-2H3/p+1/t17-,22+/m1/s1. The van der Waals surface area contributed by atoms with Gasteiger partial charge in [0.05, 0.1) is 50.8 Å². The molecular formula is C22H28N3O3S+. The smallest absolute Gasteiger partial charge is 0.289 e. The van der Waals surface area contributed by atoms with Gasteiger partial charge in [-0.15, -0.1) is 11.8 Å². The van der Waals surface area contributed by atoms with Crippen molar-refractivity contribution in [3.8, 4) is 0 Å². The van der Waals surface area contributed by atoms with Gasteiger partial charge < -0.3 is 19.1 Å². The number of nitrogens with zero attached hydrogens (tertiary/aromatic N) is 2. The zero-order chi connectivity index (χ0) is 20.4. The quantitative estimate of drug-likeness (QED) is 0.807. The number of piperazine rings is 1. The SMILES string of the molecule is Cc1ccccc1[C@@H]1S[C@H](C)C(=O)N1CC[NH+]1CCN(C(=O)c2ccco2)CC1. The van der Waals surface area contributed by atoms with Gasteiger partial charge in [-0.1, -0.05) is 24.3 Å². The molecule has 2 saturated heterocycles. The molecule has 0 unspecified atom stereocenters. The van der Waals surface area contributed by atoms with Crippen molar-refractivity contribution in [3.05, 3.63) is 59.5 Å². The minimum Gasteiger partial charge on any atom is -0.459 e. The maximum Gasteiger partial charge on any atom is 0.289 e. The largest absolute Gasteiger partial charge is 0.459 e. The number of carbonyl (C=O) groups excluding carboxylic acids is 2. The van der Waals surface area contributed by atoms with Gasteiger partial charge in [0.2, 0.25) is 5.91 Å². The predicted octanol–water partition coefficient (Wildman–Crippen LogP) is 1.59. The number of hydrogen-bond donors (Lipinski definition) is 1. The first-order valence-electron chi connectivity index (χ1n) is 10.2. The molecule has 4 rings (SSSR count). The Morgan fingerprint density at radius 1 is 1.21 bits per heavy atom. The Hall–Kier alpha value is -2.25. The molecule has 1 aromatic heterocycles. The van der Waals surface area contributed by atoms with Gasteiger partial charge in [0, 0.05) is 0 Å². The monoisotopic (exact) mass is 414 g/mol. The van der Waals surface area contributed by atoms with E-state index in [9.17, 15) is 9.59 Å². The first kappa shape index (κ1) is 20.0. The molecule has 0 spiro atoms. The summed E-state index contributed by atoms with van der Waals surface area (Å²) in [6.07, 6.45) is 1.53. The molecule has 2 amide bonds. The molecule has 6 nitrogen and oxygen atoms in total. The van der Waals surface area contributed by atoms with Gasteiger partial charge in [0.15, 0.2) is 5.76 Å². The fraction of sp³-hybridized carbons (Fsp3) is 0.455. The highest BCUT2D eigenvalue weighted by atomic mass is 32.2. The lowest BCUT2D eigenvalue weighted by atomic mass is 10.1. The molecule has 29 heavy (non-hydrogen) atoms. The van der Waals surface area contributed by atoms with Crippen molar-refractivity contribution in [2.45, 2.75) is 24.5 Å². The van der Waals surface area contributed by atoms with Gasteiger partial charge in [-0.25, -0.2) is 0 Å². The maximum absolute atomic E-state index is 12.8. The van der Waals surface area contributed by atoms with Crippen LogP contribution in [0, 0.1) is 6.92 Å². The van der Waals surface area contributed by atoms with Gasteiger partial charge in [-0.05, 0) is 37.1 Å². The van der Waals surface area contributed by atoms with E-state index in [-0.39, 0.29) is 22.4 Å². The number of furan rings is 1. The molecule has 3 heterocycles. The molecule has 1 N–H and O–H groups in total. The zero-order valence-electron chi connectivity index (χ0n) is 17.0. The molecule has 2 aliphatic rings. The third-order valence-electron chi connectivity index (χ3n) is 5.90. The highest BCUT2D eigenvalue weighted by molar-refractivity contribution is 8.01. The van der Waals surface area contributed by atoms with Gasteiger partial charge in [-0.2, -0.15) is 0 Å². The van der Waals surface area contributed by atoms with Crippen molar-refractivity contribution in [2.24, 2.45) is 0 Å². The van der Waals surface area contributed by atoms with Crippen LogP contribution < -0.4 is 4.90 Å². The minimum absolute atomic E-state index is 0.00243. The second-order valence-corrected chi connectivity index (χ2v) is 9.21. The molecule has 2 aliphatic heterocycles. The van der Waals surface area contributed by atoms with E-state index in [0.29, 0.717) is 5.76 Å². The van der Waals surface area contributed by atoms with E-state index in [1.54, 1.807) is 23.9 Å². The highest BCUT2D eigenvalue weighted by Crippen LogP contribution is 2.43. The van der Waals surface area contributed by atoms with Crippen LogP contribution in [0.2, 0.25) is 0 Å². The summed E-state index contributed by atoms with van der Waals surface area (Å²) in [5.41, 5.74) is 2.47. The molecular weight excluding hydrogens is 386 g/mol. The second-order valence-electron chi connectivity index (χ2n) is 7.79. The fourth-order valence-electron chi connectivity index (χ4n) is 4.12. The topological polar surface area (TPSA) is 58.2 Å². The van der Waals surface area contributed by atoms with Crippen LogP contribution in [0.3, 0.4) is 0 Å². The summed E-state index contributed by atoms with van der Waals surface area (Å²) in [6.45, 7) is 9.00. The van der Waals surface area contributed by atoms with E-state index < -0.39 is 0 Å². The first-order chi connectivity index (χ1) is 14.0. The van der Waals surface area contributed by atoms with Crippen LogP contribution >= 0.6 is 11.8 Å². The van der Waals surface area contributed by atoms with E-state index in [0.717, 1.165) is 39.3 Å². The van der Waals surface area contributed by atoms with Crippen LogP contribution in [-0.2, 0) is 4.79 Å². The van der Waals surface area contributed by atoms with Crippen molar-refractivity contribution in [1.29, 1.82) is 0 Å². The summed E-state index contributed by atoms with van der Waals surface area (Å²) in [6, 6.07) is 11.8. The third kappa shape index (κ3) is 4.21. The number of thioether (sulfide) groups is 1. The number of amides is 2. The van der Waals surface area contributed by atoms with Crippen molar-refractivity contribution < 1.29 is 18.9 Å². The summed E-state index contributed by atoms with van der Waals surface area (Å²) in [4.78, 5) is 30.5. The van der Waals surface area contributed by atoms with Crippen molar-refractivity contribution in [3.63, 3.8) is 0 Å². The van der Waals surface area contributed by atoms with Gasteiger partial charge in [-0.3, -0.25) is 9.59 Å². The number of hydrogen-bond acceptors (Lipinski definition) is 4. The fourth-order valence-corrected chi connectivity index (χ4v) is 5.52. The minimum atomic E-state index is -0.0337. The molecule has 7 heteroatoms.